The van der Waals surface area contributed by atoms with Crippen molar-refractivity contribution in [3.05, 3.63) is 59.8 Å². The molecule has 0 radical (unpaired) electrons. The van der Waals surface area contributed by atoms with Crippen LogP contribution in [0, 0.1) is 4.64 Å². The maximum atomic E-state index is 5.22. The Morgan fingerprint density at radius 3 is 2.42 bits per heavy atom. The topological polar surface area (TPSA) is 54.5 Å². The molecule has 1 aromatic carbocycles. The Morgan fingerprint density at radius 1 is 0.947 bits per heavy atom. The first-order valence-electron chi connectivity index (χ1n) is 5.75. The van der Waals surface area contributed by atoms with Gasteiger partial charge in [-0.25, -0.2) is 15.0 Å². The molecule has 5 heteroatoms. The van der Waals surface area contributed by atoms with Crippen LogP contribution < -0.4 is 0 Å². The van der Waals surface area contributed by atoms with Gasteiger partial charge in [-0.2, -0.15) is 0 Å². The van der Waals surface area contributed by atoms with E-state index in [1.54, 1.807) is 18.5 Å². The molecular formula is C14H10N4S. The molecule has 4 nitrogen and oxygen atoms in total. The molecule has 2 aromatic heterocycles. The zero-order chi connectivity index (χ0) is 13.1. The van der Waals surface area contributed by atoms with Gasteiger partial charge in [0.05, 0.1) is 5.69 Å². The highest BCUT2D eigenvalue weighted by atomic mass is 32.1. The molecule has 0 bridgehead atoms. The Labute approximate surface area is 115 Å². The van der Waals surface area contributed by atoms with Gasteiger partial charge in [-0.15, -0.1) is 0 Å². The summed E-state index contributed by atoms with van der Waals surface area (Å²) in [6.07, 6.45) is 4.97. The van der Waals surface area contributed by atoms with Crippen LogP contribution in [-0.4, -0.2) is 19.9 Å². The summed E-state index contributed by atoms with van der Waals surface area (Å²) in [4.78, 5) is 15.6. The van der Waals surface area contributed by atoms with Gasteiger partial charge >= 0.3 is 0 Å². The Balaban J connectivity index is 2.15. The lowest BCUT2D eigenvalue weighted by atomic mass is 10.2. The van der Waals surface area contributed by atoms with Crippen molar-refractivity contribution in [1.29, 1.82) is 0 Å². The highest BCUT2D eigenvalue weighted by molar-refractivity contribution is 7.71. The molecule has 3 aromatic rings. The van der Waals surface area contributed by atoms with E-state index in [-0.39, 0.29) is 0 Å². The summed E-state index contributed by atoms with van der Waals surface area (Å²) >= 11 is 5.22. The maximum absolute atomic E-state index is 5.22. The normalized spacial score (nSPS) is 10.3. The van der Waals surface area contributed by atoms with E-state index in [2.05, 4.69) is 19.9 Å². The minimum absolute atomic E-state index is 0.538. The third kappa shape index (κ3) is 2.56. The van der Waals surface area contributed by atoms with E-state index in [4.69, 9.17) is 12.2 Å². The molecule has 0 spiro atoms. The Kier molecular flexibility index (Phi) is 3.12. The highest BCUT2D eigenvalue weighted by Gasteiger charge is 2.04. The number of benzene rings is 1. The summed E-state index contributed by atoms with van der Waals surface area (Å²) in [5, 5.41) is 0. The van der Waals surface area contributed by atoms with Crippen LogP contribution in [0.15, 0.2) is 55.1 Å². The number of aromatic nitrogens is 4. The van der Waals surface area contributed by atoms with Gasteiger partial charge in [-0.05, 0) is 6.07 Å². The number of hydrogen-bond donors (Lipinski definition) is 1. The van der Waals surface area contributed by atoms with Crippen molar-refractivity contribution in [2.45, 2.75) is 0 Å². The Bertz CT molecular complexity index is 677. The van der Waals surface area contributed by atoms with E-state index in [1.165, 1.54) is 6.33 Å². The van der Waals surface area contributed by atoms with Crippen LogP contribution in [0.3, 0.4) is 0 Å². The van der Waals surface area contributed by atoms with E-state index in [9.17, 15) is 0 Å². The first kappa shape index (κ1) is 11.7. The summed E-state index contributed by atoms with van der Waals surface area (Å²) in [6.45, 7) is 0. The lowest BCUT2D eigenvalue weighted by Gasteiger charge is -2.05. The molecule has 92 valence electrons. The Morgan fingerprint density at radius 2 is 1.68 bits per heavy atom. The SMILES string of the molecule is S=c1cc(-c2cncnc2)[nH]c(-c2ccccc2)n1. The molecule has 0 unspecified atom stereocenters. The van der Waals surface area contributed by atoms with Crippen LogP contribution in [0.1, 0.15) is 0 Å². The first-order chi connectivity index (χ1) is 9.33. The van der Waals surface area contributed by atoms with Gasteiger partial charge < -0.3 is 4.98 Å². The molecule has 0 fully saturated rings. The highest BCUT2D eigenvalue weighted by Crippen LogP contribution is 2.19. The molecule has 0 amide bonds. The second kappa shape index (κ2) is 5.07. The van der Waals surface area contributed by atoms with Gasteiger partial charge in [0.25, 0.3) is 0 Å². The third-order valence-electron chi connectivity index (χ3n) is 2.66. The lowest BCUT2D eigenvalue weighted by molar-refractivity contribution is 1.13. The number of nitrogens with zero attached hydrogens (tertiary/aromatic N) is 3. The second-order valence-electron chi connectivity index (χ2n) is 3.97. The average molecular weight is 266 g/mol. The number of H-pyrrole nitrogens is 1. The monoisotopic (exact) mass is 266 g/mol. The summed E-state index contributed by atoms with van der Waals surface area (Å²) in [5.74, 6) is 0.743. The van der Waals surface area contributed by atoms with Gasteiger partial charge in [0.2, 0.25) is 0 Å². The van der Waals surface area contributed by atoms with E-state index in [0.29, 0.717) is 4.64 Å². The van der Waals surface area contributed by atoms with E-state index in [0.717, 1.165) is 22.6 Å². The fourth-order valence-electron chi connectivity index (χ4n) is 1.78. The summed E-state index contributed by atoms with van der Waals surface area (Å²) in [7, 11) is 0. The molecule has 0 aliphatic carbocycles. The minimum Gasteiger partial charge on any atom is -0.339 e. The fourth-order valence-corrected chi connectivity index (χ4v) is 1.99. The first-order valence-corrected chi connectivity index (χ1v) is 6.16. The minimum atomic E-state index is 0.538. The molecule has 19 heavy (non-hydrogen) atoms. The van der Waals surface area contributed by atoms with Crippen LogP contribution in [0.25, 0.3) is 22.6 Å². The van der Waals surface area contributed by atoms with Gasteiger partial charge in [-0.1, -0.05) is 42.5 Å². The maximum Gasteiger partial charge on any atom is 0.139 e. The Hall–Kier alpha value is -2.40. The predicted octanol–water partition coefficient (Wildman–Crippen LogP) is 3.26. The number of hydrogen-bond acceptors (Lipinski definition) is 4. The molecule has 2 heterocycles. The summed E-state index contributed by atoms with van der Waals surface area (Å²) in [6, 6.07) is 11.7. The smallest absolute Gasteiger partial charge is 0.139 e. The fraction of sp³-hybridized carbons (Fsp3) is 0. The molecule has 0 saturated carbocycles. The predicted molar refractivity (Wildman–Crippen MR) is 75.9 cm³/mol. The van der Waals surface area contributed by atoms with Crippen molar-refractivity contribution < 1.29 is 0 Å². The van der Waals surface area contributed by atoms with Crippen molar-refractivity contribution in [2.24, 2.45) is 0 Å². The molecule has 1 N–H and O–H groups in total. The number of rotatable bonds is 2. The molecule has 0 atom stereocenters. The van der Waals surface area contributed by atoms with E-state index >= 15 is 0 Å². The third-order valence-corrected chi connectivity index (χ3v) is 2.87. The van der Waals surface area contributed by atoms with E-state index in [1.807, 2.05) is 30.3 Å². The van der Waals surface area contributed by atoms with Gasteiger partial charge in [0, 0.05) is 23.5 Å². The van der Waals surface area contributed by atoms with Gasteiger partial charge in [-0.3, -0.25) is 0 Å². The van der Waals surface area contributed by atoms with Crippen molar-refractivity contribution >= 4 is 12.2 Å². The van der Waals surface area contributed by atoms with Crippen molar-refractivity contribution in [3.63, 3.8) is 0 Å². The molecule has 0 aliphatic rings. The van der Waals surface area contributed by atoms with Crippen LogP contribution >= 0.6 is 12.2 Å². The van der Waals surface area contributed by atoms with E-state index < -0.39 is 0 Å². The average Bonchev–Trinajstić information content (AvgIpc) is 2.48. The zero-order valence-electron chi connectivity index (χ0n) is 9.95. The van der Waals surface area contributed by atoms with Gasteiger partial charge in [0.15, 0.2) is 0 Å². The molecular weight excluding hydrogens is 256 g/mol. The van der Waals surface area contributed by atoms with Crippen LogP contribution in [0.5, 0.6) is 0 Å². The zero-order valence-corrected chi connectivity index (χ0v) is 10.8. The summed E-state index contributed by atoms with van der Waals surface area (Å²) < 4.78 is 0.538. The van der Waals surface area contributed by atoms with Crippen molar-refractivity contribution in [3.8, 4) is 22.6 Å². The summed E-state index contributed by atoms with van der Waals surface area (Å²) in [5.41, 5.74) is 2.74. The quantitative estimate of drug-likeness (QED) is 0.723. The molecule has 0 aliphatic heterocycles. The van der Waals surface area contributed by atoms with Crippen molar-refractivity contribution in [2.75, 3.05) is 0 Å². The van der Waals surface area contributed by atoms with Crippen molar-refractivity contribution in [1.82, 2.24) is 19.9 Å². The lowest BCUT2D eigenvalue weighted by Crippen LogP contribution is -1.93. The molecule has 0 saturated heterocycles. The second-order valence-corrected chi connectivity index (χ2v) is 4.39. The standard InChI is InChI=1S/C14H10N4S/c19-13-6-12(11-7-15-9-16-8-11)17-14(18-13)10-4-2-1-3-5-10/h1-9H,(H,17,18,19). The number of nitrogens with one attached hydrogen (secondary N) is 1. The van der Waals surface area contributed by atoms with Crippen LogP contribution in [0.4, 0.5) is 0 Å². The number of aromatic amines is 1. The largest absolute Gasteiger partial charge is 0.339 e. The molecule has 3 rings (SSSR count). The van der Waals surface area contributed by atoms with Gasteiger partial charge in [0.1, 0.15) is 16.8 Å². The van der Waals surface area contributed by atoms with Crippen LogP contribution in [0.2, 0.25) is 0 Å². The van der Waals surface area contributed by atoms with Crippen LogP contribution in [-0.2, 0) is 0 Å².